The lowest BCUT2D eigenvalue weighted by molar-refractivity contribution is 0.103. The SMILES string of the molecule is Cc1cc(NC(=O)c2cnns2)ccc1C#CCO. The van der Waals surface area contributed by atoms with Gasteiger partial charge in [-0.15, -0.1) is 5.10 Å². The van der Waals surface area contributed by atoms with E-state index in [1.54, 1.807) is 12.1 Å². The van der Waals surface area contributed by atoms with E-state index in [1.165, 1.54) is 6.20 Å². The van der Waals surface area contributed by atoms with Crippen molar-refractivity contribution in [2.24, 2.45) is 0 Å². The summed E-state index contributed by atoms with van der Waals surface area (Å²) in [4.78, 5) is 12.3. The monoisotopic (exact) mass is 273 g/mol. The maximum atomic E-state index is 11.8. The number of hydrogen-bond acceptors (Lipinski definition) is 5. The number of nitrogens with zero attached hydrogens (tertiary/aromatic N) is 2. The fourth-order valence-corrected chi connectivity index (χ4v) is 1.89. The van der Waals surface area contributed by atoms with Crippen molar-refractivity contribution in [3.05, 3.63) is 40.4 Å². The molecule has 0 aliphatic heterocycles. The normalized spacial score (nSPS) is 9.58. The molecule has 96 valence electrons. The van der Waals surface area contributed by atoms with E-state index in [9.17, 15) is 4.79 Å². The Hall–Kier alpha value is -2.23. The summed E-state index contributed by atoms with van der Waals surface area (Å²) in [6.07, 6.45) is 1.42. The second-order valence-electron chi connectivity index (χ2n) is 3.73. The summed E-state index contributed by atoms with van der Waals surface area (Å²) in [5.74, 6) is 5.20. The molecule has 0 saturated carbocycles. The van der Waals surface area contributed by atoms with E-state index in [1.807, 2.05) is 13.0 Å². The average Bonchev–Trinajstić information content (AvgIpc) is 2.92. The lowest BCUT2D eigenvalue weighted by Crippen LogP contribution is -2.10. The fourth-order valence-electron chi connectivity index (χ4n) is 1.48. The largest absolute Gasteiger partial charge is 0.384 e. The highest BCUT2D eigenvalue weighted by atomic mass is 32.1. The van der Waals surface area contributed by atoms with Crippen molar-refractivity contribution in [3.63, 3.8) is 0 Å². The Morgan fingerprint density at radius 2 is 2.37 bits per heavy atom. The number of rotatable bonds is 2. The number of hydrogen-bond donors (Lipinski definition) is 2. The molecule has 5 nitrogen and oxygen atoms in total. The zero-order valence-electron chi connectivity index (χ0n) is 10.2. The molecule has 0 spiro atoms. The molecule has 1 aromatic carbocycles. The maximum absolute atomic E-state index is 11.8. The van der Waals surface area contributed by atoms with E-state index in [2.05, 4.69) is 26.7 Å². The quantitative estimate of drug-likeness (QED) is 0.812. The summed E-state index contributed by atoms with van der Waals surface area (Å²) in [5.41, 5.74) is 2.44. The molecule has 0 aliphatic carbocycles. The van der Waals surface area contributed by atoms with Gasteiger partial charge in [-0.1, -0.05) is 16.3 Å². The molecule has 1 heterocycles. The molecule has 0 atom stereocenters. The molecule has 1 aromatic heterocycles. The van der Waals surface area contributed by atoms with Crippen molar-refractivity contribution in [2.75, 3.05) is 11.9 Å². The van der Waals surface area contributed by atoms with Gasteiger partial charge in [-0.25, -0.2) is 0 Å². The van der Waals surface area contributed by atoms with E-state index < -0.39 is 0 Å². The van der Waals surface area contributed by atoms with Crippen molar-refractivity contribution in [1.82, 2.24) is 9.59 Å². The third-order valence-corrected chi connectivity index (χ3v) is 3.03. The highest BCUT2D eigenvalue weighted by Gasteiger charge is 2.09. The first-order valence-corrected chi connectivity index (χ1v) is 6.27. The number of benzene rings is 1. The second-order valence-corrected chi connectivity index (χ2v) is 4.51. The highest BCUT2D eigenvalue weighted by Crippen LogP contribution is 2.16. The minimum atomic E-state index is -0.233. The summed E-state index contributed by atoms with van der Waals surface area (Å²) in [6.45, 7) is 1.72. The zero-order chi connectivity index (χ0) is 13.7. The molecule has 0 saturated heterocycles. The first-order chi connectivity index (χ1) is 9.20. The van der Waals surface area contributed by atoms with E-state index in [-0.39, 0.29) is 12.5 Å². The Morgan fingerprint density at radius 1 is 1.53 bits per heavy atom. The van der Waals surface area contributed by atoms with Gasteiger partial charge in [0.25, 0.3) is 5.91 Å². The van der Waals surface area contributed by atoms with Crippen LogP contribution >= 0.6 is 11.5 Å². The van der Waals surface area contributed by atoms with E-state index in [4.69, 9.17) is 5.11 Å². The van der Waals surface area contributed by atoms with Crippen LogP contribution in [0.2, 0.25) is 0 Å². The summed E-state index contributed by atoms with van der Waals surface area (Å²) < 4.78 is 3.64. The van der Waals surface area contributed by atoms with Gasteiger partial charge < -0.3 is 10.4 Å². The van der Waals surface area contributed by atoms with Crippen molar-refractivity contribution in [3.8, 4) is 11.8 Å². The molecule has 6 heteroatoms. The lowest BCUT2D eigenvalue weighted by atomic mass is 10.1. The molecule has 2 rings (SSSR count). The number of aliphatic hydroxyl groups is 1. The van der Waals surface area contributed by atoms with E-state index >= 15 is 0 Å². The number of aryl methyl sites for hydroxylation is 1. The van der Waals surface area contributed by atoms with Gasteiger partial charge in [-0.05, 0) is 42.2 Å². The Bertz CT molecular complexity index is 642. The number of aromatic nitrogens is 2. The molecule has 0 aliphatic rings. The number of anilines is 1. The van der Waals surface area contributed by atoms with Crippen LogP contribution in [0.4, 0.5) is 5.69 Å². The Morgan fingerprint density at radius 3 is 3.00 bits per heavy atom. The minimum absolute atomic E-state index is 0.170. The molecule has 1 amide bonds. The number of amides is 1. The van der Waals surface area contributed by atoms with Crippen LogP contribution in [0.1, 0.15) is 20.8 Å². The van der Waals surface area contributed by atoms with Crippen LogP contribution in [0.15, 0.2) is 24.4 Å². The molecule has 2 aromatic rings. The van der Waals surface area contributed by atoms with E-state index in [0.29, 0.717) is 10.6 Å². The molecule has 0 unspecified atom stereocenters. The summed E-state index contributed by atoms with van der Waals surface area (Å²) in [5, 5.41) is 15.0. The third kappa shape index (κ3) is 3.37. The molecule has 0 fully saturated rings. The molecule has 2 N–H and O–H groups in total. The molecular formula is C13H11N3O2S. The van der Waals surface area contributed by atoms with Gasteiger partial charge in [0.2, 0.25) is 0 Å². The summed E-state index contributed by atoms with van der Waals surface area (Å²) in [7, 11) is 0. The Balaban J connectivity index is 2.14. The first-order valence-electron chi connectivity index (χ1n) is 5.50. The van der Waals surface area contributed by atoms with E-state index in [0.717, 1.165) is 22.7 Å². The number of nitrogens with one attached hydrogen (secondary N) is 1. The third-order valence-electron chi connectivity index (χ3n) is 2.37. The Labute approximate surface area is 114 Å². The molecule has 19 heavy (non-hydrogen) atoms. The van der Waals surface area contributed by atoms with Crippen LogP contribution in [-0.4, -0.2) is 27.2 Å². The zero-order valence-corrected chi connectivity index (χ0v) is 11.0. The predicted octanol–water partition coefficient (Wildman–Crippen LogP) is 1.44. The minimum Gasteiger partial charge on any atom is -0.384 e. The van der Waals surface area contributed by atoms with Crippen LogP contribution in [-0.2, 0) is 0 Å². The summed E-state index contributed by atoms with van der Waals surface area (Å²) >= 11 is 1.05. The van der Waals surface area contributed by atoms with Crippen LogP contribution < -0.4 is 5.32 Å². The van der Waals surface area contributed by atoms with Gasteiger partial charge in [0.05, 0.1) is 6.20 Å². The standard InChI is InChI=1S/C13H11N3O2S/c1-9-7-11(5-4-10(9)3-2-6-17)15-13(18)12-8-14-16-19-12/h4-5,7-8,17H,6H2,1H3,(H,15,18). The number of carbonyl (C=O) groups excluding carboxylic acids is 1. The number of aliphatic hydroxyl groups excluding tert-OH is 1. The van der Waals surface area contributed by atoms with Crippen LogP contribution in [0.3, 0.4) is 0 Å². The second kappa shape index (κ2) is 6.09. The number of carbonyl (C=O) groups is 1. The van der Waals surface area contributed by atoms with Crippen LogP contribution in [0.5, 0.6) is 0 Å². The van der Waals surface area contributed by atoms with Crippen LogP contribution in [0, 0.1) is 18.8 Å². The topological polar surface area (TPSA) is 75.1 Å². The van der Waals surface area contributed by atoms with Crippen molar-refractivity contribution in [1.29, 1.82) is 0 Å². The van der Waals surface area contributed by atoms with Gasteiger partial charge in [0, 0.05) is 11.3 Å². The van der Waals surface area contributed by atoms with Crippen molar-refractivity contribution < 1.29 is 9.90 Å². The molecule has 0 bridgehead atoms. The highest BCUT2D eigenvalue weighted by molar-refractivity contribution is 7.07. The van der Waals surface area contributed by atoms with Crippen molar-refractivity contribution >= 4 is 23.1 Å². The van der Waals surface area contributed by atoms with Crippen LogP contribution in [0.25, 0.3) is 0 Å². The molecule has 0 radical (unpaired) electrons. The van der Waals surface area contributed by atoms with Gasteiger partial charge in [-0.2, -0.15) is 0 Å². The van der Waals surface area contributed by atoms with Gasteiger partial charge in [-0.3, -0.25) is 4.79 Å². The smallest absolute Gasteiger partial charge is 0.269 e. The first kappa shape index (κ1) is 13.2. The van der Waals surface area contributed by atoms with Gasteiger partial charge in [0.15, 0.2) is 0 Å². The predicted molar refractivity (Wildman–Crippen MR) is 73.0 cm³/mol. The van der Waals surface area contributed by atoms with Gasteiger partial charge >= 0.3 is 0 Å². The fraction of sp³-hybridized carbons (Fsp3) is 0.154. The van der Waals surface area contributed by atoms with Gasteiger partial charge in [0.1, 0.15) is 11.5 Å². The van der Waals surface area contributed by atoms with Crippen molar-refractivity contribution in [2.45, 2.75) is 6.92 Å². The summed E-state index contributed by atoms with van der Waals surface area (Å²) in [6, 6.07) is 5.40. The molecular weight excluding hydrogens is 262 g/mol. The average molecular weight is 273 g/mol. The lowest BCUT2D eigenvalue weighted by Gasteiger charge is -2.05. The maximum Gasteiger partial charge on any atom is 0.269 e. The Kier molecular flexibility index (Phi) is 4.23.